The molecule has 0 bridgehead atoms. The molecule has 0 saturated carbocycles. The van der Waals surface area contributed by atoms with Crippen LogP contribution in [0.5, 0.6) is 0 Å². The van der Waals surface area contributed by atoms with Crippen molar-refractivity contribution in [2.24, 2.45) is 0 Å². The lowest BCUT2D eigenvalue weighted by Crippen LogP contribution is -2.19. The topological polar surface area (TPSA) is 166 Å². The van der Waals surface area contributed by atoms with E-state index in [-0.39, 0.29) is 53.6 Å². The van der Waals surface area contributed by atoms with E-state index in [2.05, 4.69) is 4.74 Å². The van der Waals surface area contributed by atoms with E-state index in [0.29, 0.717) is 12.8 Å². The van der Waals surface area contributed by atoms with Crippen molar-refractivity contribution < 1.29 is 47.0 Å². The second-order valence-electron chi connectivity index (χ2n) is 7.30. The van der Waals surface area contributed by atoms with E-state index in [4.69, 9.17) is 23.0 Å². The van der Waals surface area contributed by atoms with Gasteiger partial charge in [-0.05, 0) is 33.6 Å². The quantitative estimate of drug-likeness (QED) is 0.349. The zero-order valence-corrected chi connectivity index (χ0v) is 21.6. The first-order valence-corrected chi connectivity index (χ1v) is 11.4. The van der Waals surface area contributed by atoms with Crippen LogP contribution < -0.4 is 11.3 Å². The maximum absolute atomic E-state index is 11.8. The molecule has 0 unspecified atom stereocenters. The summed E-state index contributed by atoms with van der Waals surface area (Å²) in [5.74, 6) is -2.88. The smallest absolute Gasteiger partial charge is 0.342 e. The molecule has 0 amide bonds. The van der Waals surface area contributed by atoms with Crippen molar-refractivity contribution in [1.29, 1.82) is 0 Å². The van der Waals surface area contributed by atoms with Crippen molar-refractivity contribution in [2.75, 3.05) is 26.9 Å². The molecule has 202 valence electrons. The van der Waals surface area contributed by atoms with E-state index in [1.807, 2.05) is 13.8 Å². The van der Waals surface area contributed by atoms with Crippen molar-refractivity contribution in [3.63, 3.8) is 0 Å². The van der Waals surface area contributed by atoms with Crippen LogP contribution in [0.2, 0.25) is 0 Å². The molecule has 0 aliphatic carbocycles. The monoisotopic (exact) mass is 522 g/mol. The lowest BCUT2D eigenvalue weighted by Gasteiger charge is -2.09. The molecule has 12 heteroatoms. The van der Waals surface area contributed by atoms with Gasteiger partial charge in [0.05, 0.1) is 38.1 Å². The van der Waals surface area contributed by atoms with Crippen molar-refractivity contribution in [2.45, 2.75) is 47.5 Å². The second-order valence-corrected chi connectivity index (χ2v) is 7.30. The average molecular weight is 523 g/mol. The Morgan fingerprint density at radius 1 is 0.676 bits per heavy atom. The van der Waals surface area contributed by atoms with Crippen LogP contribution in [0.15, 0.2) is 30.6 Å². The minimum Gasteiger partial charge on any atom is -0.465 e. The zero-order chi connectivity index (χ0) is 28.1. The van der Waals surface area contributed by atoms with Crippen LogP contribution in [-0.4, -0.2) is 50.8 Å². The van der Waals surface area contributed by atoms with E-state index >= 15 is 0 Å². The first kappa shape index (κ1) is 30.8. The lowest BCUT2D eigenvalue weighted by molar-refractivity contribution is 0.0462. The Kier molecular flexibility index (Phi) is 12.5. The Morgan fingerprint density at radius 2 is 1.08 bits per heavy atom. The van der Waals surface area contributed by atoms with Crippen LogP contribution in [0.3, 0.4) is 0 Å². The number of methoxy groups -OCH3 is 1. The molecule has 0 aromatic carbocycles. The maximum atomic E-state index is 11.8. The third-order valence-electron chi connectivity index (χ3n) is 4.46. The Morgan fingerprint density at radius 3 is 1.43 bits per heavy atom. The number of esters is 4. The highest BCUT2D eigenvalue weighted by molar-refractivity contribution is 6.04. The summed E-state index contributed by atoms with van der Waals surface area (Å²) < 4.78 is 28.8. The van der Waals surface area contributed by atoms with Gasteiger partial charge in [-0.25, -0.2) is 28.8 Å². The fourth-order valence-electron chi connectivity index (χ4n) is 2.90. The first-order chi connectivity index (χ1) is 17.5. The molecule has 2 rings (SSSR count). The fraction of sp³-hybridized carbons (Fsp3) is 0.440. The molecule has 0 N–H and O–H groups in total. The summed E-state index contributed by atoms with van der Waals surface area (Å²) in [7, 11) is 1.17. The second kappa shape index (κ2) is 15.0. The summed E-state index contributed by atoms with van der Waals surface area (Å²) in [6, 6.07) is 1.87. The first-order valence-electron chi connectivity index (χ1n) is 11.4. The number of carbonyl (C=O) groups excluding carboxylic acids is 4. The van der Waals surface area contributed by atoms with Gasteiger partial charge in [0.2, 0.25) is 0 Å². The normalized spacial score (nSPS) is 10.0. The summed E-state index contributed by atoms with van der Waals surface area (Å²) >= 11 is 0. The number of hydrogen-bond donors (Lipinski definition) is 0. The van der Waals surface area contributed by atoms with Gasteiger partial charge in [0, 0.05) is 12.1 Å². The molecular formula is C25H30O12. The van der Waals surface area contributed by atoms with E-state index in [1.165, 1.54) is 21.0 Å². The van der Waals surface area contributed by atoms with Gasteiger partial charge in [0.1, 0.15) is 22.6 Å². The number of aryl methyl sites for hydroxylation is 2. The predicted octanol–water partition coefficient (Wildman–Crippen LogP) is 2.99. The van der Waals surface area contributed by atoms with Gasteiger partial charge in [-0.3, -0.25) is 0 Å². The zero-order valence-electron chi connectivity index (χ0n) is 21.6. The lowest BCUT2D eigenvalue weighted by atomic mass is 10.1. The van der Waals surface area contributed by atoms with Gasteiger partial charge in [-0.1, -0.05) is 13.8 Å². The highest BCUT2D eigenvalue weighted by atomic mass is 16.5. The largest absolute Gasteiger partial charge is 0.465 e. The van der Waals surface area contributed by atoms with Gasteiger partial charge < -0.3 is 27.8 Å². The van der Waals surface area contributed by atoms with E-state index in [0.717, 1.165) is 12.1 Å². The summed E-state index contributed by atoms with van der Waals surface area (Å²) in [4.78, 5) is 69.4. The molecule has 0 radical (unpaired) electrons. The van der Waals surface area contributed by atoms with Crippen LogP contribution in [0, 0.1) is 13.8 Å². The van der Waals surface area contributed by atoms with Crippen LogP contribution in [0.1, 0.15) is 86.6 Å². The molecular weight excluding hydrogens is 492 g/mol. The number of hydrogen-bond acceptors (Lipinski definition) is 12. The van der Waals surface area contributed by atoms with E-state index in [9.17, 15) is 28.8 Å². The summed E-state index contributed by atoms with van der Waals surface area (Å²) in [5, 5.41) is 0. The summed E-state index contributed by atoms with van der Waals surface area (Å²) in [5.41, 5.74) is -1.84. The minimum absolute atomic E-state index is 0.0257. The van der Waals surface area contributed by atoms with E-state index < -0.39 is 35.1 Å². The predicted molar refractivity (Wildman–Crippen MR) is 128 cm³/mol. The number of rotatable bonds is 9. The molecule has 2 aromatic heterocycles. The summed E-state index contributed by atoms with van der Waals surface area (Å²) in [6.45, 7) is 8.71. The van der Waals surface area contributed by atoms with Gasteiger partial charge in [0.15, 0.2) is 0 Å². The van der Waals surface area contributed by atoms with Crippen LogP contribution in [0.4, 0.5) is 0 Å². The molecule has 0 saturated heterocycles. The van der Waals surface area contributed by atoms with Gasteiger partial charge in [-0.2, -0.15) is 0 Å². The minimum atomic E-state index is -0.750. The van der Waals surface area contributed by atoms with Crippen molar-refractivity contribution in [3.8, 4) is 0 Å². The molecule has 0 spiro atoms. The van der Waals surface area contributed by atoms with Gasteiger partial charge in [-0.15, -0.1) is 0 Å². The third-order valence-corrected chi connectivity index (χ3v) is 4.46. The standard InChI is InChI=1S/C13H16O6.C12H14O6/c1-4-6-18-12(15)9-7-10(14)19-8(3)11(9)13(16)17-5-2;1-4-5-17-11(14)8-6-9(13)18-7(2)10(8)12(15)16-3/h7H,4-6H2,1-3H3;6H,4-5H2,1-3H3. The number of ether oxygens (including phenoxy) is 4. The molecule has 0 aliphatic heterocycles. The van der Waals surface area contributed by atoms with Crippen LogP contribution in [0.25, 0.3) is 0 Å². The van der Waals surface area contributed by atoms with Crippen molar-refractivity contribution in [3.05, 3.63) is 66.7 Å². The van der Waals surface area contributed by atoms with E-state index in [1.54, 1.807) is 6.92 Å². The Balaban J connectivity index is 0.000000371. The molecule has 0 atom stereocenters. The molecule has 2 heterocycles. The fourth-order valence-corrected chi connectivity index (χ4v) is 2.90. The average Bonchev–Trinajstić information content (AvgIpc) is 2.84. The van der Waals surface area contributed by atoms with Gasteiger partial charge in [0.25, 0.3) is 0 Å². The molecule has 2 aromatic rings. The van der Waals surface area contributed by atoms with Crippen molar-refractivity contribution >= 4 is 23.9 Å². The SMILES string of the molecule is CCCOC(=O)c1cc(=O)oc(C)c1C(=O)OC.CCCOC(=O)c1cc(=O)oc(C)c1C(=O)OCC. The Labute approximate surface area is 212 Å². The highest BCUT2D eigenvalue weighted by Gasteiger charge is 2.25. The third kappa shape index (κ3) is 8.74. The molecule has 0 fully saturated rings. The Hall–Kier alpha value is -4.22. The summed E-state index contributed by atoms with van der Waals surface area (Å²) in [6.07, 6.45) is 1.28. The van der Waals surface area contributed by atoms with Crippen LogP contribution >= 0.6 is 0 Å². The van der Waals surface area contributed by atoms with Crippen LogP contribution in [-0.2, 0) is 18.9 Å². The van der Waals surface area contributed by atoms with Crippen molar-refractivity contribution in [1.82, 2.24) is 0 Å². The highest BCUT2D eigenvalue weighted by Crippen LogP contribution is 2.16. The number of carbonyl (C=O) groups is 4. The molecule has 0 aliphatic rings. The van der Waals surface area contributed by atoms with Gasteiger partial charge >= 0.3 is 35.1 Å². The maximum Gasteiger partial charge on any atom is 0.342 e. The Bertz CT molecular complexity index is 1240. The molecule has 37 heavy (non-hydrogen) atoms. The molecule has 12 nitrogen and oxygen atoms in total.